The van der Waals surface area contributed by atoms with Gasteiger partial charge in [-0.15, -0.1) is 0 Å². The summed E-state index contributed by atoms with van der Waals surface area (Å²) in [7, 11) is 0. The van der Waals surface area contributed by atoms with Crippen LogP contribution in [0.4, 0.5) is 0 Å². The molecule has 4 aliphatic carbocycles. The van der Waals surface area contributed by atoms with Crippen LogP contribution in [0.1, 0.15) is 78.6 Å². The molecule has 0 spiro atoms. The third kappa shape index (κ3) is 2.40. The smallest absolute Gasteiger partial charge is 0.305 e. The maximum absolute atomic E-state index is 12.0. The number of fused-ring (bicyclic) bond motifs is 5. The molecule has 4 rings (SSSR count). The lowest BCUT2D eigenvalue weighted by atomic mass is 9.47. The molecule has 4 aliphatic rings. The quantitative estimate of drug-likeness (QED) is 0.723. The lowest BCUT2D eigenvalue weighted by Crippen LogP contribution is -2.52. The summed E-state index contributed by atoms with van der Waals surface area (Å²) in [6.45, 7) is 6.48. The molecule has 0 aromatic rings. The summed E-state index contributed by atoms with van der Waals surface area (Å²) in [4.78, 5) is 23.9. The number of hydrogen-bond donors (Lipinski definition) is 1. The van der Waals surface area contributed by atoms with E-state index in [4.69, 9.17) is 4.74 Å². The van der Waals surface area contributed by atoms with E-state index < -0.39 is 0 Å². The minimum atomic E-state index is -0.0736. The van der Waals surface area contributed by atoms with Crippen LogP contribution >= 0.6 is 0 Å². The topological polar surface area (TPSA) is 63.6 Å². The van der Waals surface area contributed by atoms with E-state index in [1.165, 1.54) is 0 Å². The van der Waals surface area contributed by atoms with Crippen molar-refractivity contribution in [3.63, 3.8) is 0 Å². The van der Waals surface area contributed by atoms with Crippen molar-refractivity contribution in [1.29, 1.82) is 0 Å². The van der Waals surface area contributed by atoms with E-state index in [-0.39, 0.29) is 34.4 Å². The van der Waals surface area contributed by atoms with Gasteiger partial charge in [-0.2, -0.15) is 0 Å². The molecule has 144 valence electrons. The first-order valence-corrected chi connectivity index (χ1v) is 10.5. The maximum atomic E-state index is 12.0. The van der Waals surface area contributed by atoms with Gasteiger partial charge in [0.25, 0.3) is 0 Å². The highest BCUT2D eigenvalue weighted by Crippen LogP contribution is 2.66. The van der Waals surface area contributed by atoms with Crippen molar-refractivity contribution in [3.05, 3.63) is 11.3 Å². The molecular weight excluding hydrogens is 328 g/mol. The van der Waals surface area contributed by atoms with Crippen molar-refractivity contribution >= 4 is 11.8 Å². The van der Waals surface area contributed by atoms with Gasteiger partial charge in [-0.1, -0.05) is 20.8 Å². The number of rotatable bonds is 2. The minimum absolute atomic E-state index is 0.0274. The van der Waals surface area contributed by atoms with Gasteiger partial charge in [0, 0.05) is 18.3 Å². The van der Waals surface area contributed by atoms with E-state index in [1.807, 2.05) is 6.92 Å². The molecule has 0 radical (unpaired) electrons. The largest absolute Gasteiger partial charge is 0.504 e. The van der Waals surface area contributed by atoms with E-state index in [0.717, 1.165) is 50.5 Å². The predicted octanol–water partition coefficient (Wildman–Crippen LogP) is 4.73. The van der Waals surface area contributed by atoms with Crippen molar-refractivity contribution in [2.24, 2.45) is 28.6 Å². The van der Waals surface area contributed by atoms with Gasteiger partial charge >= 0.3 is 5.97 Å². The molecule has 6 atom stereocenters. The number of aliphatic hydroxyl groups is 1. The lowest BCUT2D eigenvalue weighted by Gasteiger charge is -2.57. The number of esters is 1. The molecule has 26 heavy (non-hydrogen) atoms. The van der Waals surface area contributed by atoms with Crippen molar-refractivity contribution < 1.29 is 19.4 Å². The molecule has 0 saturated heterocycles. The van der Waals surface area contributed by atoms with Gasteiger partial charge in [0.15, 0.2) is 11.5 Å². The lowest BCUT2D eigenvalue weighted by molar-refractivity contribution is -0.159. The second-order valence-electron chi connectivity index (χ2n) is 9.54. The number of carbonyl (C=O) groups is 2. The highest BCUT2D eigenvalue weighted by Gasteiger charge is 2.60. The van der Waals surface area contributed by atoms with Gasteiger partial charge in [-0.3, -0.25) is 9.59 Å². The van der Waals surface area contributed by atoms with Crippen LogP contribution in [-0.4, -0.2) is 23.0 Å². The Kier molecular flexibility index (Phi) is 4.24. The molecule has 0 aromatic carbocycles. The highest BCUT2D eigenvalue weighted by atomic mass is 16.5. The third-order valence-corrected chi connectivity index (χ3v) is 8.57. The maximum Gasteiger partial charge on any atom is 0.305 e. The monoisotopic (exact) mass is 360 g/mol. The number of allylic oxidation sites excluding steroid dienone is 1. The van der Waals surface area contributed by atoms with Crippen molar-refractivity contribution in [2.75, 3.05) is 0 Å². The molecule has 0 bridgehead atoms. The normalized spacial score (nSPS) is 45.0. The van der Waals surface area contributed by atoms with Crippen LogP contribution in [0, 0.1) is 28.6 Å². The van der Waals surface area contributed by atoms with Gasteiger partial charge in [0.05, 0.1) is 0 Å². The highest BCUT2D eigenvalue weighted by molar-refractivity contribution is 5.95. The number of hydrogen-bond acceptors (Lipinski definition) is 4. The first-order chi connectivity index (χ1) is 12.3. The molecule has 1 N–H and O–H groups in total. The standard InChI is InChI=1S/C22H32O4/c1-4-19(24)26-18-8-7-14-13-5-6-16-20(25)17(23)10-12-21(16,2)15(13)9-11-22(14,18)3/h13-15,18,25H,4-12H2,1-3H3/t13?,14?,15?,18?,21-,22+/m1/s1. The van der Waals surface area contributed by atoms with E-state index in [1.54, 1.807) is 0 Å². The summed E-state index contributed by atoms with van der Waals surface area (Å²) in [5.74, 6) is 1.69. The van der Waals surface area contributed by atoms with Crippen molar-refractivity contribution in [1.82, 2.24) is 0 Å². The Morgan fingerprint density at radius 2 is 1.88 bits per heavy atom. The number of ether oxygens (including phenoxy) is 1. The Labute approximate surface area is 156 Å². The molecule has 3 saturated carbocycles. The second kappa shape index (κ2) is 6.10. The zero-order valence-corrected chi connectivity index (χ0v) is 16.3. The molecule has 4 unspecified atom stereocenters. The molecule has 0 heterocycles. The van der Waals surface area contributed by atoms with E-state index in [2.05, 4.69) is 13.8 Å². The van der Waals surface area contributed by atoms with Crippen molar-refractivity contribution in [3.8, 4) is 0 Å². The van der Waals surface area contributed by atoms with Gasteiger partial charge in [0.2, 0.25) is 0 Å². The third-order valence-electron chi connectivity index (χ3n) is 8.57. The summed E-state index contributed by atoms with van der Waals surface area (Å²) in [6, 6.07) is 0. The SMILES string of the molecule is CCC(=O)OC1CCC2C3CCC4=C(O)C(=O)CC[C@]4(C)C3CC[C@]12C. The zero-order chi connectivity index (χ0) is 18.7. The molecule has 4 heteroatoms. The fourth-order valence-electron chi connectivity index (χ4n) is 7.07. The van der Waals surface area contributed by atoms with Crippen LogP contribution < -0.4 is 0 Å². The van der Waals surface area contributed by atoms with Crippen LogP contribution in [0.15, 0.2) is 11.3 Å². The van der Waals surface area contributed by atoms with E-state index in [9.17, 15) is 14.7 Å². The minimum Gasteiger partial charge on any atom is -0.504 e. The molecule has 3 fully saturated rings. The summed E-state index contributed by atoms with van der Waals surface area (Å²) >= 11 is 0. The van der Waals surface area contributed by atoms with Crippen LogP contribution in [0.5, 0.6) is 0 Å². The van der Waals surface area contributed by atoms with Crippen LogP contribution in [0.25, 0.3) is 0 Å². The van der Waals surface area contributed by atoms with Gasteiger partial charge in [0.1, 0.15) is 6.10 Å². The molecule has 0 aliphatic heterocycles. The average Bonchev–Trinajstić information content (AvgIpc) is 2.95. The summed E-state index contributed by atoms with van der Waals surface area (Å²) in [5, 5.41) is 10.4. The predicted molar refractivity (Wildman–Crippen MR) is 98.5 cm³/mol. The Balaban J connectivity index is 1.62. The Bertz CT molecular complexity index is 665. The van der Waals surface area contributed by atoms with E-state index >= 15 is 0 Å². The fourth-order valence-corrected chi connectivity index (χ4v) is 7.07. The summed E-state index contributed by atoms with van der Waals surface area (Å²) < 4.78 is 5.84. The molecular formula is C22H32O4. The molecule has 0 amide bonds. The summed E-state index contributed by atoms with van der Waals surface area (Å²) in [5.41, 5.74) is 1.10. The Morgan fingerprint density at radius 1 is 1.12 bits per heavy atom. The van der Waals surface area contributed by atoms with Crippen LogP contribution in [0.2, 0.25) is 0 Å². The first kappa shape index (κ1) is 18.1. The first-order valence-electron chi connectivity index (χ1n) is 10.5. The van der Waals surface area contributed by atoms with Crippen LogP contribution in [0.3, 0.4) is 0 Å². The average molecular weight is 360 g/mol. The van der Waals surface area contributed by atoms with Crippen LogP contribution in [-0.2, 0) is 14.3 Å². The van der Waals surface area contributed by atoms with Crippen molar-refractivity contribution in [2.45, 2.75) is 84.7 Å². The van der Waals surface area contributed by atoms with Gasteiger partial charge < -0.3 is 9.84 Å². The molecule has 0 aromatic heterocycles. The number of Topliss-reactive ketones (excluding diaryl/α,β-unsaturated/α-hetero) is 1. The second-order valence-corrected chi connectivity index (χ2v) is 9.54. The molecule has 4 nitrogen and oxygen atoms in total. The summed E-state index contributed by atoms with van der Waals surface area (Å²) in [6.07, 6.45) is 8.09. The number of aliphatic hydroxyl groups excluding tert-OH is 1. The Morgan fingerprint density at radius 3 is 2.62 bits per heavy atom. The fraction of sp³-hybridized carbons (Fsp3) is 0.818. The van der Waals surface area contributed by atoms with Gasteiger partial charge in [-0.25, -0.2) is 0 Å². The Hall–Kier alpha value is -1.32. The number of ketones is 1. The van der Waals surface area contributed by atoms with E-state index in [0.29, 0.717) is 30.6 Å². The number of carbonyl (C=O) groups excluding carboxylic acids is 2. The zero-order valence-electron chi connectivity index (χ0n) is 16.3. The van der Waals surface area contributed by atoms with Gasteiger partial charge in [-0.05, 0) is 73.7 Å².